The highest BCUT2D eigenvalue weighted by Crippen LogP contribution is 2.24. The van der Waals surface area contributed by atoms with Crippen LogP contribution in [0.2, 0.25) is 5.02 Å². The summed E-state index contributed by atoms with van der Waals surface area (Å²) in [5.41, 5.74) is 1.11. The topological polar surface area (TPSA) is 42.2 Å². The van der Waals surface area contributed by atoms with Crippen LogP contribution in [0.3, 0.4) is 0 Å². The molecule has 118 valence electrons. The molecule has 1 atom stereocenters. The van der Waals surface area contributed by atoms with E-state index >= 15 is 0 Å². The molecule has 0 fully saturated rings. The summed E-state index contributed by atoms with van der Waals surface area (Å²) in [6.07, 6.45) is 0.896. The zero-order valence-corrected chi connectivity index (χ0v) is 14.3. The number of rotatable bonds is 7. The van der Waals surface area contributed by atoms with E-state index in [-0.39, 0.29) is 11.9 Å². The van der Waals surface area contributed by atoms with Crippen LogP contribution in [-0.4, -0.2) is 11.9 Å². The van der Waals surface area contributed by atoms with E-state index in [1.807, 2.05) is 44.2 Å². The molecule has 0 aliphatic heterocycles. The summed E-state index contributed by atoms with van der Waals surface area (Å²) in [5.74, 6) is 2.54. The van der Waals surface area contributed by atoms with Gasteiger partial charge in [0.2, 0.25) is 0 Å². The number of benzene rings is 1. The molecule has 0 radical (unpaired) electrons. The number of carbonyl (C=O) groups excluding carboxylic acids is 1. The standard InChI is InChI=1S/C17H20ClNO2S/c1-3-12(2)19-17(20)16-9-8-14(21-16)11-22-10-13-6-4-5-7-15(13)18/h4-9,12H,3,10-11H2,1-2H3,(H,19,20)/t12-/m0/s1. The van der Waals surface area contributed by atoms with Crippen LogP contribution in [0.25, 0.3) is 0 Å². The van der Waals surface area contributed by atoms with Gasteiger partial charge >= 0.3 is 0 Å². The molecule has 1 aromatic carbocycles. The van der Waals surface area contributed by atoms with Crippen LogP contribution in [0.5, 0.6) is 0 Å². The first kappa shape index (κ1) is 17.0. The molecule has 1 N–H and O–H groups in total. The third-order valence-electron chi connectivity index (χ3n) is 3.34. The Morgan fingerprint density at radius 2 is 2.05 bits per heavy atom. The fourth-order valence-corrected chi connectivity index (χ4v) is 3.06. The zero-order chi connectivity index (χ0) is 15.9. The number of nitrogens with one attached hydrogen (secondary N) is 1. The summed E-state index contributed by atoms with van der Waals surface area (Å²) in [5, 5.41) is 3.67. The molecule has 1 aromatic heterocycles. The van der Waals surface area contributed by atoms with E-state index in [0.717, 1.165) is 28.5 Å². The summed E-state index contributed by atoms with van der Waals surface area (Å²) in [6.45, 7) is 4.01. The maximum absolute atomic E-state index is 11.9. The van der Waals surface area contributed by atoms with Gasteiger partial charge in [-0.05, 0) is 37.1 Å². The smallest absolute Gasteiger partial charge is 0.287 e. The number of hydrogen-bond acceptors (Lipinski definition) is 3. The third kappa shape index (κ3) is 4.82. The number of hydrogen-bond donors (Lipinski definition) is 1. The summed E-state index contributed by atoms with van der Waals surface area (Å²) in [4.78, 5) is 11.9. The molecule has 0 aliphatic carbocycles. The minimum absolute atomic E-state index is 0.149. The highest BCUT2D eigenvalue weighted by atomic mass is 35.5. The van der Waals surface area contributed by atoms with Crippen molar-refractivity contribution in [1.82, 2.24) is 5.32 Å². The molecule has 1 amide bonds. The Labute approximate surface area is 140 Å². The van der Waals surface area contributed by atoms with Gasteiger partial charge in [-0.15, -0.1) is 11.8 Å². The first-order valence-electron chi connectivity index (χ1n) is 7.31. The van der Waals surface area contributed by atoms with Gasteiger partial charge in [0.15, 0.2) is 5.76 Å². The van der Waals surface area contributed by atoms with Gasteiger partial charge in [0, 0.05) is 16.8 Å². The minimum Gasteiger partial charge on any atom is -0.455 e. The third-order valence-corrected chi connectivity index (χ3v) is 4.71. The summed E-state index contributed by atoms with van der Waals surface area (Å²) < 4.78 is 5.59. The number of halogens is 1. The lowest BCUT2D eigenvalue weighted by Crippen LogP contribution is -2.31. The van der Waals surface area contributed by atoms with E-state index in [1.165, 1.54) is 0 Å². The van der Waals surface area contributed by atoms with Crippen molar-refractivity contribution in [2.75, 3.05) is 0 Å². The Morgan fingerprint density at radius 1 is 1.27 bits per heavy atom. The van der Waals surface area contributed by atoms with Crippen molar-refractivity contribution < 1.29 is 9.21 Å². The minimum atomic E-state index is -0.156. The average Bonchev–Trinajstić information content (AvgIpc) is 2.98. The van der Waals surface area contributed by atoms with Crippen molar-refractivity contribution in [2.45, 2.75) is 37.8 Å². The maximum Gasteiger partial charge on any atom is 0.287 e. The molecule has 0 bridgehead atoms. The monoisotopic (exact) mass is 337 g/mol. The summed E-state index contributed by atoms with van der Waals surface area (Å²) in [7, 11) is 0. The van der Waals surface area contributed by atoms with Crippen molar-refractivity contribution in [3.8, 4) is 0 Å². The van der Waals surface area contributed by atoms with Gasteiger partial charge < -0.3 is 9.73 Å². The van der Waals surface area contributed by atoms with Gasteiger partial charge in [-0.2, -0.15) is 0 Å². The van der Waals surface area contributed by atoms with Crippen molar-refractivity contribution in [2.24, 2.45) is 0 Å². The zero-order valence-electron chi connectivity index (χ0n) is 12.8. The Bertz CT molecular complexity index is 627. The lowest BCUT2D eigenvalue weighted by molar-refractivity contribution is 0.0910. The van der Waals surface area contributed by atoms with Crippen LogP contribution < -0.4 is 5.32 Å². The molecule has 0 spiro atoms. The molecule has 5 heteroatoms. The lowest BCUT2D eigenvalue weighted by atomic mass is 10.2. The van der Waals surface area contributed by atoms with Crippen LogP contribution in [-0.2, 0) is 11.5 Å². The van der Waals surface area contributed by atoms with Crippen LogP contribution >= 0.6 is 23.4 Å². The average molecular weight is 338 g/mol. The van der Waals surface area contributed by atoms with E-state index in [1.54, 1.807) is 17.8 Å². The van der Waals surface area contributed by atoms with E-state index in [9.17, 15) is 4.79 Å². The van der Waals surface area contributed by atoms with E-state index in [4.69, 9.17) is 16.0 Å². The molecule has 0 saturated heterocycles. The summed E-state index contributed by atoms with van der Waals surface area (Å²) >= 11 is 7.83. The molecule has 3 nitrogen and oxygen atoms in total. The molecule has 0 unspecified atom stereocenters. The van der Waals surface area contributed by atoms with E-state index < -0.39 is 0 Å². The van der Waals surface area contributed by atoms with Crippen LogP contribution in [0.4, 0.5) is 0 Å². The van der Waals surface area contributed by atoms with Crippen molar-refractivity contribution >= 4 is 29.3 Å². The van der Waals surface area contributed by atoms with E-state index in [0.29, 0.717) is 11.5 Å². The van der Waals surface area contributed by atoms with Crippen LogP contribution in [0, 0.1) is 0 Å². The fourth-order valence-electron chi connectivity index (χ4n) is 1.85. The second kappa shape index (κ2) is 8.30. The van der Waals surface area contributed by atoms with Crippen molar-refractivity contribution in [3.63, 3.8) is 0 Å². The second-order valence-electron chi connectivity index (χ2n) is 5.13. The van der Waals surface area contributed by atoms with Gasteiger partial charge in [0.1, 0.15) is 5.76 Å². The molecule has 22 heavy (non-hydrogen) atoms. The maximum atomic E-state index is 11.9. The predicted octanol–water partition coefficient (Wildman–Crippen LogP) is 4.89. The molecular weight excluding hydrogens is 318 g/mol. The van der Waals surface area contributed by atoms with Crippen molar-refractivity contribution in [1.29, 1.82) is 0 Å². The summed E-state index contributed by atoms with van der Waals surface area (Å²) in [6, 6.07) is 11.5. The number of furan rings is 1. The first-order chi connectivity index (χ1) is 10.6. The SMILES string of the molecule is CC[C@H](C)NC(=O)c1ccc(CSCc2ccccc2Cl)o1. The number of amides is 1. The molecule has 0 aliphatic rings. The van der Waals surface area contributed by atoms with Crippen molar-refractivity contribution in [3.05, 3.63) is 58.5 Å². The van der Waals surface area contributed by atoms with E-state index in [2.05, 4.69) is 5.32 Å². The highest BCUT2D eigenvalue weighted by Gasteiger charge is 2.13. The first-order valence-corrected chi connectivity index (χ1v) is 8.84. The number of carbonyl (C=O) groups is 1. The van der Waals surface area contributed by atoms with Gasteiger partial charge in [0.25, 0.3) is 5.91 Å². The Balaban J connectivity index is 1.85. The van der Waals surface area contributed by atoms with Gasteiger partial charge in [-0.3, -0.25) is 4.79 Å². The van der Waals surface area contributed by atoms with Gasteiger partial charge in [0.05, 0.1) is 5.75 Å². The highest BCUT2D eigenvalue weighted by molar-refractivity contribution is 7.97. The Morgan fingerprint density at radius 3 is 2.77 bits per heavy atom. The largest absolute Gasteiger partial charge is 0.455 e. The quantitative estimate of drug-likeness (QED) is 0.781. The number of thioether (sulfide) groups is 1. The molecule has 0 saturated carbocycles. The molecule has 2 rings (SSSR count). The lowest BCUT2D eigenvalue weighted by Gasteiger charge is -2.09. The Kier molecular flexibility index (Phi) is 6.40. The van der Waals surface area contributed by atoms with Gasteiger partial charge in [-0.1, -0.05) is 36.7 Å². The molecular formula is C17H20ClNO2S. The molecule has 1 heterocycles. The predicted molar refractivity (Wildman–Crippen MR) is 92.4 cm³/mol. The second-order valence-corrected chi connectivity index (χ2v) is 6.53. The fraction of sp³-hybridized carbons (Fsp3) is 0.353. The normalized spacial score (nSPS) is 12.1. The van der Waals surface area contributed by atoms with Crippen LogP contribution in [0.15, 0.2) is 40.8 Å². The van der Waals surface area contributed by atoms with Crippen LogP contribution in [0.1, 0.15) is 42.1 Å². The molecule has 2 aromatic rings. The Hall–Kier alpha value is -1.39. The van der Waals surface area contributed by atoms with Gasteiger partial charge in [-0.25, -0.2) is 0 Å².